The van der Waals surface area contributed by atoms with Crippen molar-refractivity contribution < 1.29 is 14.3 Å². The summed E-state index contributed by atoms with van der Waals surface area (Å²) in [5.41, 5.74) is 5.92. The van der Waals surface area contributed by atoms with E-state index in [-0.39, 0.29) is 18.9 Å². The van der Waals surface area contributed by atoms with Crippen molar-refractivity contribution >= 4 is 46.6 Å². The van der Waals surface area contributed by atoms with Crippen LogP contribution < -0.4 is 10.7 Å². The highest BCUT2D eigenvalue weighted by atomic mass is 35.5. The second-order valence-corrected chi connectivity index (χ2v) is 6.54. The number of nitrogens with zero attached hydrogens (tertiary/aromatic N) is 1. The molecule has 1 aliphatic rings. The Morgan fingerprint density at radius 1 is 1.27 bits per heavy atom. The van der Waals surface area contributed by atoms with Gasteiger partial charge in [0.05, 0.1) is 16.5 Å². The van der Waals surface area contributed by atoms with Gasteiger partial charge in [0.1, 0.15) is 12.3 Å². The third-order valence-corrected chi connectivity index (χ3v) is 4.66. The number of hydrogen-bond donors (Lipinski definition) is 2. The number of hydrazone groups is 1. The number of carbonyl (C=O) groups excluding carboxylic acids is 2. The second-order valence-electron chi connectivity index (χ2n) is 5.76. The van der Waals surface area contributed by atoms with Gasteiger partial charge in [-0.25, -0.2) is 10.2 Å². The summed E-state index contributed by atoms with van der Waals surface area (Å²) in [5, 5.41) is 7.69. The van der Waals surface area contributed by atoms with Gasteiger partial charge in [-0.1, -0.05) is 41.4 Å². The molecule has 2 amide bonds. The maximum atomic E-state index is 12.2. The van der Waals surface area contributed by atoms with Crippen molar-refractivity contribution in [1.29, 1.82) is 0 Å². The van der Waals surface area contributed by atoms with Crippen LogP contribution in [0, 0.1) is 6.92 Å². The van der Waals surface area contributed by atoms with E-state index < -0.39 is 6.09 Å². The minimum absolute atomic E-state index is 0.105. The lowest BCUT2D eigenvalue weighted by Gasteiger charge is -2.13. The normalized spacial score (nSPS) is 13.5. The van der Waals surface area contributed by atoms with Gasteiger partial charge in [0.15, 0.2) is 0 Å². The Morgan fingerprint density at radius 3 is 2.62 bits per heavy atom. The first-order valence-electron chi connectivity index (χ1n) is 7.76. The van der Waals surface area contributed by atoms with Crippen LogP contribution in [0.4, 0.5) is 10.5 Å². The first kappa shape index (κ1) is 18.2. The largest absolute Gasteiger partial charge is 0.442 e. The molecule has 0 atom stereocenters. The van der Waals surface area contributed by atoms with Gasteiger partial charge < -0.3 is 10.1 Å². The maximum absolute atomic E-state index is 12.2. The Hall–Kier alpha value is -2.57. The number of rotatable bonds is 4. The number of aryl methyl sites for hydroxylation is 1. The summed E-state index contributed by atoms with van der Waals surface area (Å²) in [7, 11) is 0. The average Bonchev–Trinajstić information content (AvgIpc) is 2.61. The predicted molar refractivity (Wildman–Crippen MR) is 101 cm³/mol. The molecule has 0 bridgehead atoms. The van der Waals surface area contributed by atoms with Crippen LogP contribution in [0.3, 0.4) is 0 Å². The van der Waals surface area contributed by atoms with Crippen LogP contribution in [0.15, 0.2) is 41.5 Å². The van der Waals surface area contributed by atoms with E-state index in [1.54, 1.807) is 30.3 Å². The molecule has 0 fully saturated rings. The number of benzene rings is 2. The summed E-state index contributed by atoms with van der Waals surface area (Å²) in [6, 6.07) is 10.6. The number of halogens is 2. The van der Waals surface area contributed by atoms with Crippen LogP contribution in [0.25, 0.3) is 0 Å². The van der Waals surface area contributed by atoms with Crippen LogP contribution in [0.1, 0.15) is 16.7 Å². The van der Waals surface area contributed by atoms with E-state index in [1.165, 1.54) is 0 Å². The van der Waals surface area contributed by atoms with Crippen LogP contribution >= 0.6 is 23.2 Å². The lowest BCUT2D eigenvalue weighted by molar-refractivity contribution is -0.115. The molecule has 0 radical (unpaired) electrons. The van der Waals surface area contributed by atoms with E-state index in [0.29, 0.717) is 21.4 Å². The number of ether oxygens (including phenoxy) is 1. The third-order valence-electron chi connectivity index (χ3n) is 3.76. The van der Waals surface area contributed by atoms with Gasteiger partial charge in [-0.05, 0) is 36.2 Å². The highest BCUT2D eigenvalue weighted by Gasteiger charge is 2.14. The Labute approximate surface area is 160 Å². The minimum Gasteiger partial charge on any atom is -0.442 e. The zero-order chi connectivity index (χ0) is 18.7. The number of carbonyl (C=O) groups is 2. The van der Waals surface area contributed by atoms with Crippen molar-refractivity contribution in [3.8, 4) is 0 Å². The summed E-state index contributed by atoms with van der Waals surface area (Å²) < 4.78 is 4.86. The topological polar surface area (TPSA) is 79.8 Å². The summed E-state index contributed by atoms with van der Waals surface area (Å²) in [4.78, 5) is 23.2. The molecule has 26 heavy (non-hydrogen) atoms. The molecule has 0 saturated heterocycles. The Bertz CT molecular complexity index is 872. The van der Waals surface area contributed by atoms with Gasteiger partial charge in [-0.3, -0.25) is 4.79 Å². The quantitative estimate of drug-likeness (QED) is 0.828. The smallest absolute Gasteiger partial charge is 0.428 e. The third kappa shape index (κ3) is 4.33. The fraction of sp³-hybridized carbons (Fsp3) is 0.167. The molecular formula is C18H15Cl2N3O3. The van der Waals surface area contributed by atoms with Crippen LogP contribution in [0.5, 0.6) is 0 Å². The minimum atomic E-state index is -0.574. The standard InChI is InChI=1S/C18H15Cl2N3O3/c1-10-6-11(7-14(19)17(10)20)8-16(24)21-13-4-2-12(3-5-13)15-9-26-18(25)23-22-15/h2-7H,8-9H2,1H3,(H,21,24)(H,23,25). The Balaban J connectivity index is 1.64. The van der Waals surface area contributed by atoms with E-state index in [0.717, 1.165) is 16.7 Å². The van der Waals surface area contributed by atoms with Crippen molar-refractivity contribution in [2.75, 3.05) is 11.9 Å². The fourth-order valence-corrected chi connectivity index (χ4v) is 2.89. The van der Waals surface area contributed by atoms with Crippen LogP contribution in [-0.2, 0) is 16.0 Å². The number of nitrogens with one attached hydrogen (secondary N) is 2. The molecule has 2 aromatic carbocycles. The van der Waals surface area contributed by atoms with Gasteiger partial charge in [-0.2, -0.15) is 5.10 Å². The summed E-state index contributed by atoms with van der Waals surface area (Å²) >= 11 is 12.1. The highest BCUT2D eigenvalue weighted by molar-refractivity contribution is 6.42. The van der Waals surface area contributed by atoms with Crippen molar-refractivity contribution in [2.45, 2.75) is 13.3 Å². The number of hydrogen-bond acceptors (Lipinski definition) is 4. The lowest BCUT2D eigenvalue weighted by Crippen LogP contribution is -2.30. The molecule has 0 aliphatic carbocycles. The first-order valence-corrected chi connectivity index (χ1v) is 8.52. The molecule has 8 heteroatoms. The lowest BCUT2D eigenvalue weighted by atomic mass is 10.1. The molecule has 0 unspecified atom stereocenters. The Kier molecular flexibility index (Phi) is 5.44. The van der Waals surface area contributed by atoms with Crippen molar-refractivity contribution in [3.05, 3.63) is 63.1 Å². The predicted octanol–water partition coefficient (Wildman–Crippen LogP) is 3.93. The molecule has 2 N–H and O–H groups in total. The van der Waals surface area contributed by atoms with E-state index >= 15 is 0 Å². The molecule has 134 valence electrons. The number of amides is 2. The van der Waals surface area contributed by atoms with Gasteiger partial charge in [0.25, 0.3) is 0 Å². The van der Waals surface area contributed by atoms with Crippen molar-refractivity contribution in [2.24, 2.45) is 5.10 Å². The Morgan fingerprint density at radius 2 is 2.00 bits per heavy atom. The molecule has 3 rings (SSSR count). The zero-order valence-corrected chi connectivity index (χ0v) is 15.3. The summed E-state index contributed by atoms with van der Waals surface area (Å²) in [5.74, 6) is -0.166. The van der Waals surface area contributed by atoms with Crippen LogP contribution in [-0.4, -0.2) is 24.3 Å². The molecule has 0 saturated carbocycles. The summed E-state index contributed by atoms with van der Waals surface area (Å²) in [6.07, 6.45) is -0.387. The fourth-order valence-electron chi connectivity index (χ4n) is 2.50. The van der Waals surface area contributed by atoms with Crippen molar-refractivity contribution in [3.63, 3.8) is 0 Å². The van der Waals surface area contributed by atoms with Gasteiger partial charge >= 0.3 is 6.09 Å². The van der Waals surface area contributed by atoms with Gasteiger partial charge in [-0.15, -0.1) is 0 Å². The van der Waals surface area contributed by atoms with E-state index in [9.17, 15) is 9.59 Å². The van der Waals surface area contributed by atoms with Gasteiger partial charge in [0, 0.05) is 11.3 Å². The molecular weight excluding hydrogens is 377 g/mol. The number of anilines is 1. The van der Waals surface area contributed by atoms with E-state index in [1.807, 2.05) is 13.0 Å². The van der Waals surface area contributed by atoms with E-state index in [2.05, 4.69) is 15.8 Å². The van der Waals surface area contributed by atoms with Crippen LogP contribution in [0.2, 0.25) is 10.0 Å². The maximum Gasteiger partial charge on any atom is 0.428 e. The van der Waals surface area contributed by atoms with Gasteiger partial charge in [0.2, 0.25) is 5.91 Å². The molecule has 1 aliphatic heterocycles. The molecule has 1 heterocycles. The summed E-state index contributed by atoms with van der Waals surface area (Å²) in [6.45, 7) is 1.95. The molecule has 2 aromatic rings. The van der Waals surface area contributed by atoms with Crippen molar-refractivity contribution in [1.82, 2.24) is 5.43 Å². The SMILES string of the molecule is Cc1cc(CC(=O)Nc2ccc(C3=NNC(=O)OC3)cc2)cc(Cl)c1Cl. The zero-order valence-electron chi connectivity index (χ0n) is 13.8. The first-order chi connectivity index (χ1) is 12.4. The number of cyclic esters (lactones) is 1. The second kappa shape index (κ2) is 7.76. The molecule has 0 aromatic heterocycles. The average molecular weight is 392 g/mol. The monoisotopic (exact) mass is 391 g/mol. The van der Waals surface area contributed by atoms with E-state index in [4.69, 9.17) is 27.9 Å². The molecule has 0 spiro atoms. The molecule has 6 nitrogen and oxygen atoms in total. The highest BCUT2D eigenvalue weighted by Crippen LogP contribution is 2.27.